The van der Waals surface area contributed by atoms with Crippen LogP contribution in [0.3, 0.4) is 0 Å². The largest absolute Gasteiger partial charge is 0.303 e. The fraction of sp³-hybridized carbons (Fsp3) is 0.200. The molecule has 0 atom stereocenters. The average Bonchev–Trinajstić information content (AvgIpc) is 2.59. The Kier molecular flexibility index (Phi) is 2.49. The molecule has 1 nitrogen and oxygen atoms in total. The van der Waals surface area contributed by atoms with E-state index in [9.17, 15) is 0 Å². The summed E-state index contributed by atoms with van der Waals surface area (Å²) >= 11 is 1.89. The number of benzene rings is 1. The summed E-state index contributed by atoms with van der Waals surface area (Å²) in [7, 11) is 0. The minimum atomic E-state index is 1.03. The van der Waals surface area contributed by atoms with Gasteiger partial charge in [0.05, 0.1) is 0 Å². The summed E-state index contributed by atoms with van der Waals surface area (Å²) < 4.78 is 0. The van der Waals surface area contributed by atoms with E-state index in [1.54, 1.807) is 0 Å². The van der Waals surface area contributed by atoms with E-state index in [0.29, 0.717) is 0 Å². The molecule has 1 saturated heterocycles. The molecule has 62 valence electrons. The van der Waals surface area contributed by atoms with Gasteiger partial charge in [-0.2, -0.15) is 0 Å². The number of thioether (sulfide) groups is 1. The van der Waals surface area contributed by atoms with Crippen LogP contribution in [0.25, 0.3) is 6.08 Å². The predicted molar refractivity (Wildman–Crippen MR) is 54.9 cm³/mol. The van der Waals surface area contributed by atoms with Crippen LogP contribution >= 0.6 is 11.8 Å². The molecule has 1 heterocycles. The van der Waals surface area contributed by atoms with Gasteiger partial charge in [0, 0.05) is 17.3 Å². The van der Waals surface area contributed by atoms with Crippen molar-refractivity contribution in [2.75, 3.05) is 12.4 Å². The molecule has 0 unspecified atom stereocenters. The molecule has 1 aromatic carbocycles. The van der Waals surface area contributed by atoms with E-state index in [-0.39, 0.29) is 0 Å². The minimum Gasteiger partial charge on any atom is -0.303 e. The number of hydrogen-bond acceptors (Lipinski definition) is 2. The van der Waals surface area contributed by atoms with Crippen molar-refractivity contribution in [2.24, 2.45) is 0 Å². The first kappa shape index (κ1) is 7.90. The molecule has 1 fully saturated rings. The number of rotatable bonds is 1. The lowest BCUT2D eigenvalue weighted by molar-refractivity contribution is 0.916. The van der Waals surface area contributed by atoms with E-state index >= 15 is 0 Å². The van der Waals surface area contributed by atoms with Gasteiger partial charge in [-0.05, 0) is 11.6 Å². The maximum absolute atomic E-state index is 3.29. The Morgan fingerprint density at radius 3 is 2.75 bits per heavy atom. The molecule has 0 amide bonds. The average molecular weight is 177 g/mol. The first-order valence-corrected chi connectivity index (χ1v) is 5.03. The maximum atomic E-state index is 3.29. The smallest absolute Gasteiger partial charge is 0.0465 e. The quantitative estimate of drug-likeness (QED) is 0.706. The van der Waals surface area contributed by atoms with E-state index in [0.717, 1.165) is 12.4 Å². The van der Waals surface area contributed by atoms with Crippen molar-refractivity contribution in [3.63, 3.8) is 0 Å². The zero-order chi connectivity index (χ0) is 8.23. The van der Waals surface area contributed by atoms with Crippen LogP contribution in [0.15, 0.2) is 35.2 Å². The van der Waals surface area contributed by atoms with Gasteiger partial charge in [0.2, 0.25) is 0 Å². The Morgan fingerprint density at radius 2 is 2.08 bits per heavy atom. The Labute approximate surface area is 76.9 Å². The highest BCUT2D eigenvalue weighted by Crippen LogP contribution is 2.21. The van der Waals surface area contributed by atoms with E-state index in [4.69, 9.17) is 0 Å². The summed E-state index contributed by atoms with van der Waals surface area (Å²) in [4.78, 5) is 1.43. The van der Waals surface area contributed by atoms with E-state index in [1.807, 2.05) is 17.8 Å². The van der Waals surface area contributed by atoms with Crippen molar-refractivity contribution in [3.8, 4) is 0 Å². The summed E-state index contributed by atoms with van der Waals surface area (Å²) in [6.07, 6.45) is 2.24. The number of nitrogens with one attached hydrogen (secondary N) is 1. The maximum Gasteiger partial charge on any atom is 0.0465 e. The normalized spacial score (nSPS) is 20.2. The molecular weight excluding hydrogens is 166 g/mol. The van der Waals surface area contributed by atoms with Crippen molar-refractivity contribution in [2.45, 2.75) is 0 Å². The third-order valence-corrected chi connectivity index (χ3v) is 2.77. The van der Waals surface area contributed by atoms with Crippen molar-refractivity contribution in [3.05, 3.63) is 40.8 Å². The Balaban J connectivity index is 2.16. The Hall–Kier alpha value is -0.730. The van der Waals surface area contributed by atoms with Gasteiger partial charge in [0.25, 0.3) is 0 Å². The topological polar surface area (TPSA) is 12.0 Å². The lowest BCUT2D eigenvalue weighted by Gasteiger charge is -1.94. The number of hydrogen-bond donors (Lipinski definition) is 1. The molecule has 0 aromatic heterocycles. The van der Waals surface area contributed by atoms with Gasteiger partial charge >= 0.3 is 0 Å². The van der Waals surface area contributed by atoms with Gasteiger partial charge in [-0.3, -0.25) is 0 Å². The van der Waals surface area contributed by atoms with Crippen LogP contribution in [0.2, 0.25) is 0 Å². The van der Waals surface area contributed by atoms with E-state index in [2.05, 4.69) is 35.7 Å². The summed E-state index contributed by atoms with van der Waals surface area (Å²) in [6, 6.07) is 10.4. The molecule has 2 heteroatoms. The summed E-state index contributed by atoms with van der Waals surface area (Å²) in [5.41, 5.74) is 1.30. The van der Waals surface area contributed by atoms with Gasteiger partial charge in [0.15, 0.2) is 0 Å². The predicted octanol–water partition coefficient (Wildman–Crippen LogP) is 2.32. The Morgan fingerprint density at radius 1 is 1.25 bits per heavy atom. The monoisotopic (exact) mass is 177 g/mol. The molecule has 0 bridgehead atoms. The van der Waals surface area contributed by atoms with E-state index < -0.39 is 0 Å². The van der Waals surface area contributed by atoms with Crippen molar-refractivity contribution < 1.29 is 0 Å². The van der Waals surface area contributed by atoms with Crippen molar-refractivity contribution in [1.29, 1.82) is 0 Å². The summed E-state index contributed by atoms with van der Waals surface area (Å²) in [6.45, 7) is 1.03. The van der Waals surface area contributed by atoms with Crippen LogP contribution in [-0.2, 0) is 0 Å². The lowest BCUT2D eigenvalue weighted by atomic mass is 10.2. The van der Waals surface area contributed by atoms with Gasteiger partial charge in [-0.25, -0.2) is 0 Å². The SMILES string of the molecule is C(=C1/CNCS1)/c1ccccc1. The molecule has 2 rings (SSSR count). The molecule has 0 aliphatic carbocycles. The van der Waals surface area contributed by atoms with Crippen LogP contribution < -0.4 is 5.32 Å². The van der Waals surface area contributed by atoms with Crippen LogP contribution in [0.4, 0.5) is 0 Å². The van der Waals surface area contributed by atoms with Gasteiger partial charge < -0.3 is 5.32 Å². The first-order chi connectivity index (χ1) is 5.95. The van der Waals surface area contributed by atoms with Gasteiger partial charge in [-0.1, -0.05) is 30.3 Å². The minimum absolute atomic E-state index is 1.03. The molecule has 0 radical (unpaired) electrons. The highest BCUT2D eigenvalue weighted by Gasteiger charge is 2.04. The van der Waals surface area contributed by atoms with Crippen molar-refractivity contribution >= 4 is 17.8 Å². The van der Waals surface area contributed by atoms with Crippen LogP contribution in [-0.4, -0.2) is 12.4 Å². The molecule has 1 N–H and O–H groups in total. The molecule has 12 heavy (non-hydrogen) atoms. The van der Waals surface area contributed by atoms with Crippen LogP contribution in [0, 0.1) is 0 Å². The fourth-order valence-electron chi connectivity index (χ4n) is 1.20. The highest BCUT2D eigenvalue weighted by atomic mass is 32.2. The second-order valence-corrected chi connectivity index (χ2v) is 3.84. The standard InChI is InChI=1S/C10H11NS/c1-2-4-9(5-3-1)6-10-7-11-8-12-10/h1-6,11H,7-8H2/b10-6+. The fourth-order valence-corrected chi connectivity index (χ4v) is 2.01. The molecule has 0 spiro atoms. The zero-order valence-electron chi connectivity index (χ0n) is 6.79. The molecule has 1 aliphatic heterocycles. The van der Waals surface area contributed by atoms with E-state index in [1.165, 1.54) is 10.5 Å². The second kappa shape index (κ2) is 3.78. The second-order valence-electron chi connectivity index (χ2n) is 2.74. The van der Waals surface area contributed by atoms with Crippen molar-refractivity contribution in [1.82, 2.24) is 5.32 Å². The summed E-state index contributed by atoms with van der Waals surface area (Å²) in [5.74, 6) is 1.05. The first-order valence-electron chi connectivity index (χ1n) is 4.04. The van der Waals surface area contributed by atoms with Crippen LogP contribution in [0.5, 0.6) is 0 Å². The Bertz CT molecular complexity index is 271. The lowest BCUT2D eigenvalue weighted by Crippen LogP contribution is -2.04. The van der Waals surface area contributed by atoms with Gasteiger partial charge in [0.1, 0.15) is 0 Å². The third-order valence-electron chi connectivity index (χ3n) is 1.79. The summed E-state index contributed by atoms with van der Waals surface area (Å²) in [5, 5.41) is 3.29. The molecular formula is C10H11NS. The molecule has 0 saturated carbocycles. The molecule has 1 aliphatic rings. The zero-order valence-corrected chi connectivity index (χ0v) is 7.60. The van der Waals surface area contributed by atoms with Gasteiger partial charge in [-0.15, -0.1) is 11.8 Å². The highest BCUT2D eigenvalue weighted by molar-refractivity contribution is 8.03. The van der Waals surface area contributed by atoms with Crippen LogP contribution in [0.1, 0.15) is 5.56 Å². The molecule has 1 aromatic rings. The third kappa shape index (κ3) is 1.90.